The highest BCUT2D eigenvalue weighted by Crippen LogP contribution is 2.41. The van der Waals surface area contributed by atoms with Gasteiger partial charge < -0.3 is 0 Å². The molecular weight excluding hydrogens is 333 g/mol. The Morgan fingerprint density at radius 3 is 2.58 bits per heavy atom. The third-order valence-electron chi connectivity index (χ3n) is 5.39. The molecule has 1 amide bonds. The molecule has 1 unspecified atom stereocenters. The fourth-order valence-corrected chi connectivity index (χ4v) is 3.66. The number of rotatable bonds is 4. The molecule has 1 saturated carbocycles. The second kappa shape index (κ2) is 6.29. The Labute approximate surface area is 151 Å². The van der Waals surface area contributed by atoms with E-state index in [1.165, 1.54) is 6.07 Å². The van der Waals surface area contributed by atoms with E-state index in [2.05, 4.69) is 9.97 Å². The summed E-state index contributed by atoms with van der Waals surface area (Å²) >= 11 is 0. The molecule has 2 aliphatic carbocycles. The highest BCUT2D eigenvalue weighted by molar-refractivity contribution is 5.91. The zero-order chi connectivity index (χ0) is 18.3. The first kappa shape index (κ1) is 16.8. The van der Waals surface area contributed by atoms with Crippen LogP contribution in [0.2, 0.25) is 0 Å². The predicted octanol–water partition coefficient (Wildman–Crippen LogP) is 3.56. The molecule has 1 heterocycles. The molecule has 134 valence electrons. The van der Waals surface area contributed by atoms with Gasteiger partial charge in [-0.25, -0.2) is 19.8 Å². The highest BCUT2D eigenvalue weighted by atomic mass is 19.1. The summed E-state index contributed by atoms with van der Waals surface area (Å²) in [6.45, 7) is 1.65. The van der Waals surface area contributed by atoms with Crippen LogP contribution in [0.4, 0.5) is 4.39 Å². The quantitative estimate of drug-likeness (QED) is 0.501. The van der Waals surface area contributed by atoms with Crippen LogP contribution in [-0.4, -0.2) is 21.1 Å². The molecule has 0 saturated heterocycles. The van der Waals surface area contributed by atoms with Gasteiger partial charge in [0.05, 0.1) is 5.41 Å². The number of allylic oxidation sites excluding steroid dienone is 1. The number of hydrogen-bond donors (Lipinski definition) is 2. The molecular formula is C20H20FN3O2. The van der Waals surface area contributed by atoms with Gasteiger partial charge >= 0.3 is 0 Å². The first-order valence-electron chi connectivity index (χ1n) is 8.80. The molecule has 2 aromatic rings. The molecule has 0 spiro atoms. The number of nitrogens with one attached hydrogen (secondary N) is 1. The molecule has 1 aromatic carbocycles. The standard InChI is InChI=1S/C20H20FN3O2/c1-12-16(20(19(25)24-26)6-2-3-7-20)8-14(9-17(12)21)15-10-22-18(23-11-15)13-4-5-13/h2,6,8-11,13,26H,3-5,7H2,1H3,(H,24,25). The van der Waals surface area contributed by atoms with Gasteiger partial charge in [0.1, 0.15) is 11.6 Å². The van der Waals surface area contributed by atoms with Crippen LogP contribution in [0.1, 0.15) is 48.6 Å². The van der Waals surface area contributed by atoms with E-state index in [1.807, 2.05) is 6.08 Å². The van der Waals surface area contributed by atoms with Crippen molar-refractivity contribution in [2.24, 2.45) is 0 Å². The van der Waals surface area contributed by atoms with E-state index in [9.17, 15) is 14.4 Å². The molecule has 1 atom stereocenters. The normalized spacial score (nSPS) is 21.8. The van der Waals surface area contributed by atoms with E-state index in [4.69, 9.17) is 0 Å². The van der Waals surface area contributed by atoms with Gasteiger partial charge in [-0.1, -0.05) is 12.2 Å². The topological polar surface area (TPSA) is 75.1 Å². The van der Waals surface area contributed by atoms with Gasteiger partial charge in [-0.2, -0.15) is 0 Å². The van der Waals surface area contributed by atoms with Gasteiger partial charge in [0.15, 0.2) is 0 Å². The molecule has 0 bridgehead atoms. The maximum Gasteiger partial charge on any atom is 0.257 e. The van der Waals surface area contributed by atoms with Crippen LogP contribution in [0.5, 0.6) is 0 Å². The molecule has 2 aliphatic rings. The number of carbonyl (C=O) groups is 1. The van der Waals surface area contributed by atoms with E-state index in [0.717, 1.165) is 18.7 Å². The van der Waals surface area contributed by atoms with Gasteiger partial charge in [-0.15, -0.1) is 0 Å². The highest BCUT2D eigenvalue weighted by Gasteiger charge is 2.41. The van der Waals surface area contributed by atoms with Crippen molar-refractivity contribution in [3.63, 3.8) is 0 Å². The number of nitrogens with zero attached hydrogens (tertiary/aromatic N) is 2. The summed E-state index contributed by atoms with van der Waals surface area (Å²) < 4.78 is 14.7. The first-order valence-corrected chi connectivity index (χ1v) is 8.80. The van der Waals surface area contributed by atoms with Crippen LogP contribution < -0.4 is 5.48 Å². The van der Waals surface area contributed by atoms with E-state index >= 15 is 0 Å². The summed E-state index contributed by atoms with van der Waals surface area (Å²) in [6, 6.07) is 3.25. The van der Waals surface area contributed by atoms with Crippen molar-refractivity contribution in [2.45, 2.75) is 43.9 Å². The minimum absolute atomic E-state index is 0.394. The Bertz CT molecular complexity index is 891. The van der Waals surface area contributed by atoms with Crippen molar-refractivity contribution in [1.82, 2.24) is 15.4 Å². The average Bonchev–Trinajstić information content (AvgIpc) is 3.40. The Hall–Kier alpha value is -2.60. The van der Waals surface area contributed by atoms with Crippen LogP contribution in [0.15, 0.2) is 36.7 Å². The lowest BCUT2D eigenvalue weighted by atomic mass is 9.76. The maximum absolute atomic E-state index is 14.7. The number of hydrogen-bond acceptors (Lipinski definition) is 4. The Morgan fingerprint density at radius 2 is 2.00 bits per heavy atom. The summed E-state index contributed by atoms with van der Waals surface area (Å²) in [7, 11) is 0. The van der Waals surface area contributed by atoms with Crippen molar-refractivity contribution in [3.05, 3.63) is 59.4 Å². The van der Waals surface area contributed by atoms with Crippen LogP contribution in [0.3, 0.4) is 0 Å². The number of amides is 1. The van der Waals surface area contributed by atoms with E-state index in [-0.39, 0.29) is 0 Å². The monoisotopic (exact) mass is 353 g/mol. The molecule has 1 fully saturated rings. The Balaban J connectivity index is 1.80. The lowest BCUT2D eigenvalue weighted by Crippen LogP contribution is -2.41. The molecule has 5 nitrogen and oxygen atoms in total. The van der Waals surface area contributed by atoms with Gasteiger partial charge in [-0.05, 0) is 61.4 Å². The summed E-state index contributed by atoms with van der Waals surface area (Å²) in [5.41, 5.74) is 2.96. The molecule has 0 radical (unpaired) electrons. The van der Waals surface area contributed by atoms with Gasteiger partial charge in [0, 0.05) is 23.9 Å². The van der Waals surface area contributed by atoms with E-state index < -0.39 is 17.1 Å². The van der Waals surface area contributed by atoms with E-state index in [1.54, 1.807) is 36.9 Å². The number of halogens is 1. The second-order valence-electron chi connectivity index (χ2n) is 7.09. The third kappa shape index (κ3) is 2.70. The number of benzene rings is 1. The summed E-state index contributed by atoms with van der Waals surface area (Å²) in [6.07, 6.45) is 10.5. The summed E-state index contributed by atoms with van der Waals surface area (Å²) in [5, 5.41) is 9.21. The minimum atomic E-state index is -1.06. The average molecular weight is 353 g/mol. The zero-order valence-electron chi connectivity index (χ0n) is 14.5. The van der Waals surface area contributed by atoms with Crippen molar-refractivity contribution >= 4 is 5.91 Å². The second-order valence-corrected chi connectivity index (χ2v) is 7.09. The molecule has 1 aromatic heterocycles. The van der Waals surface area contributed by atoms with Crippen LogP contribution in [0.25, 0.3) is 11.1 Å². The van der Waals surface area contributed by atoms with Crippen molar-refractivity contribution in [2.75, 3.05) is 0 Å². The fourth-order valence-electron chi connectivity index (χ4n) is 3.66. The molecule has 6 heteroatoms. The lowest BCUT2D eigenvalue weighted by molar-refractivity contribution is -0.133. The van der Waals surface area contributed by atoms with Crippen LogP contribution in [0, 0.1) is 12.7 Å². The van der Waals surface area contributed by atoms with Crippen molar-refractivity contribution < 1.29 is 14.4 Å². The molecule has 4 rings (SSSR count). The van der Waals surface area contributed by atoms with E-state index in [0.29, 0.717) is 41.0 Å². The number of carbonyl (C=O) groups excluding carboxylic acids is 1. The molecule has 2 N–H and O–H groups in total. The van der Waals surface area contributed by atoms with Crippen LogP contribution in [-0.2, 0) is 10.2 Å². The third-order valence-corrected chi connectivity index (χ3v) is 5.39. The number of aromatic nitrogens is 2. The van der Waals surface area contributed by atoms with Gasteiger partial charge in [-0.3, -0.25) is 10.0 Å². The summed E-state index contributed by atoms with van der Waals surface area (Å²) in [4.78, 5) is 21.2. The minimum Gasteiger partial charge on any atom is -0.289 e. The lowest BCUT2D eigenvalue weighted by Gasteiger charge is -2.28. The largest absolute Gasteiger partial charge is 0.289 e. The molecule has 0 aliphatic heterocycles. The van der Waals surface area contributed by atoms with Crippen LogP contribution >= 0.6 is 0 Å². The Kier molecular flexibility index (Phi) is 4.07. The fraction of sp³-hybridized carbons (Fsp3) is 0.350. The molecule has 26 heavy (non-hydrogen) atoms. The predicted molar refractivity (Wildman–Crippen MR) is 94.1 cm³/mol. The maximum atomic E-state index is 14.7. The van der Waals surface area contributed by atoms with Crippen molar-refractivity contribution in [1.29, 1.82) is 0 Å². The van der Waals surface area contributed by atoms with Crippen molar-refractivity contribution in [3.8, 4) is 11.1 Å². The summed E-state index contributed by atoms with van der Waals surface area (Å²) in [5.74, 6) is 0.339. The first-order chi connectivity index (χ1) is 12.5. The van der Waals surface area contributed by atoms with Gasteiger partial charge in [0.25, 0.3) is 5.91 Å². The Morgan fingerprint density at radius 1 is 1.27 bits per heavy atom. The smallest absolute Gasteiger partial charge is 0.257 e. The van der Waals surface area contributed by atoms with Gasteiger partial charge in [0.2, 0.25) is 0 Å². The number of hydroxylamine groups is 1. The SMILES string of the molecule is Cc1c(F)cc(-c2cnc(C3CC3)nc2)cc1C1(C(=O)NO)C=CCC1. The zero-order valence-corrected chi connectivity index (χ0v) is 14.5.